The molecule has 1 atom stereocenters. The van der Waals surface area contributed by atoms with Gasteiger partial charge in [-0.2, -0.15) is 4.99 Å². The number of hydrogen-bond donors (Lipinski definition) is 3. The number of amidine groups is 1. The minimum absolute atomic E-state index is 0.0379. The molecule has 1 aliphatic carbocycles. The van der Waals surface area contributed by atoms with E-state index in [1.165, 1.54) is 11.6 Å². The number of nitrogens with one attached hydrogen (secondary N) is 2. The number of hydrogen-bond acceptors (Lipinski definition) is 7. The normalized spacial score (nSPS) is 14.5. The predicted molar refractivity (Wildman–Crippen MR) is 182 cm³/mol. The van der Waals surface area contributed by atoms with Gasteiger partial charge in [0, 0.05) is 41.3 Å². The van der Waals surface area contributed by atoms with E-state index in [0.29, 0.717) is 35.3 Å². The van der Waals surface area contributed by atoms with Crippen molar-refractivity contribution in [2.24, 2.45) is 22.6 Å². The molecule has 1 aliphatic rings. The molecule has 1 fully saturated rings. The predicted octanol–water partition coefficient (Wildman–Crippen LogP) is 7.05. The van der Waals surface area contributed by atoms with Gasteiger partial charge in [-0.1, -0.05) is 50.6 Å². The quantitative estimate of drug-likeness (QED) is 0.144. The number of para-hydroxylation sites is 1. The summed E-state index contributed by atoms with van der Waals surface area (Å²) in [6, 6.07) is 9.07. The number of nitrogens with two attached hydrogens (primary N) is 1. The molecule has 10 heteroatoms. The Morgan fingerprint density at radius 1 is 1.30 bits per heavy atom. The van der Waals surface area contributed by atoms with E-state index in [4.69, 9.17) is 15.9 Å². The zero-order valence-corrected chi connectivity index (χ0v) is 27.4. The molecule has 234 valence electrons. The Kier molecular flexibility index (Phi) is 12.5. The number of allylic oxidation sites excluding steroid dienone is 2. The van der Waals surface area contributed by atoms with Gasteiger partial charge in [0.25, 0.3) is 11.8 Å². The fraction of sp³-hybridized carbons (Fsp3) is 0.382. The molecule has 2 amide bonds. The van der Waals surface area contributed by atoms with E-state index in [1.807, 2.05) is 24.3 Å². The average molecular weight is 617 g/mol. The number of benzene rings is 1. The zero-order chi connectivity index (χ0) is 32.4. The van der Waals surface area contributed by atoms with Crippen molar-refractivity contribution in [1.29, 1.82) is 5.41 Å². The number of carbonyl (C=O) groups excluding carboxylic acids is 2. The molecule has 44 heavy (non-hydrogen) atoms. The Labute approximate surface area is 265 Å². The number of carbonyl (C=O) groups is 2. The molecule has 1 aromatic heterocycles. The summed E-state index contributed by atoms with van der Waals surface area (Å²) in [5.74, 6) is 0.733. The molecule has 0 spiro atoms. The van der Waals surface area contributed by atoms with Gasteiger partial charge in [-0.25, -0.2) is 0 Å². The van der Waals surface area contributed by atoms with Gasteiger partial charge < -0.3 is 26.1 Å². The molecule has 0 radical (unpaired) electrons. The van der Waals surface area contributed by atoms with E-state index >= 15 is 0 Å². The number of aromatic nitrogens is 1. The van der Waals surface area contributed by atoms with Gasteiger partial charge in [-0.15, -0.1) is 11.8 Å². The molecule has 1 aromatic carbocycles. The summed E-state index contributed by atoms with van der Waals surface area (Å²) in [4.78, 5) is 36.0. The van der Waals surface area contributed by atoms with Crippen LogP contribution in [0.1, 0.15) is 63.9 Å². The van der Waals surface area contributed by atoms with E-state index in [0.717, 1.165) is 41.7 Å². The third-order valence-corrected chi connectivity index (χ3v) is 8.18. The summed E-state index contributed by atoms with van der Waals surface area (Å²) in [6.07, 6.45) is 6.99. The monoisotopic (exact) mass is 616 g/mol. The molecular weight excluding hydrogens is 572 g/mol. The molecule has 0 bridgehead atoms. The highest BCUT2D eigenvalue weighted by molar-refractivity contribution is 8.05. The first-order chi connectivity index (χ1) is 20.9. The third kappa shape index (κ3) is 9.94. The van der Waals surface area contributed by atoms with Gasteiger partial charge in [0.05, 0.1) is 30.8 Å². The van der Waals surface area contributed by atoms with Crippen molar-refractivity contribution in [3.8, 4) is 16.9 Å². The number of amides is 2. The van der Waals surface area contributed by atoms with Crippen molar-refractivity contribution in [2.75, 3.05) is 26.0 Å². The lowest BCUT2D eigenvalue weighted by Gasteiger charge is -2.18. The molecule has 0 saturated heterocycles. The third-order valence-electron chi connectivity index (χ3n) is 7.20. The van der Waals surface area contributed by atoms with Crippen molar-refractivity contribution in [3.05, 3.63) is 76.5 Å². The summed E-state index contributed by atoms with van der Waals surface area (Å²) >= 11 is 1.56. The lowest BCUT2D eigenvalue weighted by Crippen LogP contribution is -2.28. The van der Waals surface area contributed by atoms with Crippen LogP contribution in [0, 0.1) is 17.2 Å². The van der Waals surface area contributed by atoms with Gasteiger partial charge in [-0.05, 0) is 56.6 Å². The van der Waals surface area contributed by atoms with Crippen LogP contribution in [0.15, 0.2) is 75.8 Å². The topological polar surface area (TPSA) is 134 Å². The van der Waals surface area contributed by atoms with E-state index in [1.54, 1.807) is 50.0 Å². The standard InChI is InChI=1S/C34H44N6O3S/c1-8-21(2)16-22(3)20-44-23(4)19-40(6)34(42)29-15-14-26(18-37-29)27-10-9-11-28(32(27)43-7)38-30(24(5)35)17-31(36)39-33(41)25-12-13-25/h9-11,14-15,17-18,20-21,25,35,38H,4,8,12-13,16,19H2,1-3,5-7H3,(H2,36,39,41)/b22-20+,30-17+,35-24?. The zero-order valence-electron chi connectivity index (χ0n) is 26.6. The molecule has 0 aliphatic heterocycles. The molecule has 9 nitrogen and oxygen atoms in total. The molecular formula is C34H44N6O3S. The number of pyridine rings is 1. The Hall–Kier alpha value is -4.18. The maximum absolute atomic E-state index is 13.1. The number of rotatable bonds is 15. The first-order valence-corrected chi connectivity index (χ1v) is 15.6. The lowest BCUT2D eigenvalue weighted by molar-refractivity contribution is -0.118. The number of anilines is 1. The van der Waals surface area contributed by atoms with Crippen molar-refractivity contribution < 1.29 is 14.3 Å². The number of ether oxygens (including phenoxy) is 1. The first-order valence-electron chi connectivity index (χ1n) is 14.7. The van der Waals surface area contributed by atoms with Gasteiger partial charge in [0.1, 0.15) is 17.3 Å². The second-order valence-electron chi connectivity index (χ2n) is 11.3. The maximum atomic E-state index is 13.1. The second kappa shape index (κ2) is 16.0. The summed E-state index contributed by atoms with van der Waals surface area (Å²) < 4.78 is 5.75. The summed E-state index contributed by atoms with van der Waals surface area (Å²) in [7, 11) is 3.30. The minimum Gasteiger partial charge on any atom is -0.494 e. The summed E-state index contributed by atoms with van der Waals surface area (Å²) in [5, 5.41) is 13.5. The van der Waals surface area contributed by atoms with Gasteiger partial charge in [-0.3, -0.25) is 14.6 Å². The summed E-state index contributed by atoms with van der Waals surface area (Å²) in [5.41, 5.74) is 10.3. The van der Waals surface area contributed by atoms with Crippen LogP contribution in [0.4, 0.5) is 5.69 Å². The fourth-order valence-corrected chi connectivity index (χ4v) is 5.10. The van der Waals surface area contributed by atoms with Crippen molar-refractivity contribution >= 4 is 40.8 Å². The van der Waals surface area contributed by atoms with Gasteiger partial charge in [0.15, 0.2) is 0 Å². The Morgan fingerprint density at radius 3 is 2.61 bits per heavy atom. The van der Waals surface area contributed by atoms with Crippen LogP contribution in [0.3, 0.4) is 0 Å². The maximum Gasteiger partial charge on any atom is 0.272 e. The smallest absolute Gasteiger partial charge is 0.272 e. The highest BCUT2D eigenvalue weighted by atomic mass is 32.2. The largest absolute Gasteiger partial charge is 0.494 e. The Balaban J connectivity index is 1.73. The average Bonchev–Trinajstić information content (AvgIpc) is 3.85. The van der Waals surface area contributed by atoms with Crippen LogP contribution in [-0.2, 0) is 4.79 Å². The van der Waals surface area contributed by atoms with E-state index in [2.05, 4.69) is 48.1 Å². The Morgan fingerprint density at radius 2 is 2.02 bits per heavy atom. The van der Waals surface area contributed by atoms with Crippen LogP contribution < -0.4 is 15.8 Å². The van der Waals surface area contributed by atoms with Gasteiger partial charge in [0.2, 0.25) is 0 Å². The highest BCUT2D eigenvalue weighted by Gasteiger charge is 2.29. The van der Waals surface area contributed by atoms with Crippen LogP contribution in [0.2, 0.25) is 0 Å². The molecule has 1 unspecified atom stereocenters. The number of nitrogens with zero attached hydrogens (tertiary/aromatic N) is 3. The van der Waals surface area contributed by atoms with Gasteiger partial charge >= 0.3 is 0 Å². The van der Waals surface area contributed by atoms with Crippen LogP contribution in [-0.4, -0.2) is 53.9 Å². The number of methoxy groups -OCH3 is 1. The van der Waals surface area contributed by atoms with Crippen molar-refractivity contribution in [1.82, 2.24) is 9.88 Å². The van der Waals surface area contributed by atoms with E-state index < -0.39 is 0 Å². The molecule has 1 heterocycles. The number of likely N-dealkylation sites (N-methyl/N-ethyl adjacent to an activating group) is 1. The van der Waals surface area contributed by atoms with Crippen LogP contribution in [0.25, 0.3) is 11.1 Å². The molecule has 3 rings (SSSR count). The lowest BCUT2D eigenvalue weighted by atomic mass is 10.0. The molecule has 4 N–H and O–H groups in total. The number of thioether (sulfide) groups is 1. The fourth-order valence-electron chi connectivity index (χ4n) is 4.37. The van der Waals surface area contributed by atoms with E-state index in [-0.39, 0.29) is 29.3 Å². The van der Waals surface area contributed by atoms with Crippen LogP contribution >= 0.6 is 11.8 Å². The minimum atomic E-state index is -0.232. The SMILES string of the molecule is C=C(CN(C)C(=O)c1ccc(-c2cccc(N/C(=C/C(N)=NC(=O)C3CC3)C(C)=N)c2OC)cn1)S/C=C(\C)CC(C)CC. The highest BCUT2D eigenvalue weighted by Crippen LogP contribution is 2.37. The van der Waals surface area contributed by atoms with Crippen LogP contribution in [0.5, 0.6) is 5.75 Å². The molecule has 2 aromatic rings. The van der Waals surface area contributed by atoms with Crippen molar-refractivity contribution in [3.63, 3.8) is 0 Å². The second-order valence-corrected chi connectivity index (χ2v) is 12.3. The Bertz CT molecular complexity index is 1470. The molecule has 1 saturated carbocycles. The summed E-state index contributed by atoms with van der Waals surface area (Å²) in [6.45, 7) is 12.7. The van der Waals surface area contributed by atoms with Crippen molar-refractivity contribution in [2.45, 2.75) is 53.4 Å². The van der Waals surface area contributed by atoms with E-state index in [9.17, 15) is 9.59 Å². The first kappa shape index (κ1) is 34.3. The number of aliphatic imine (C=N–C) groups is 1.